The number of nitrogens with two attached hydrogens (primary N) is 1. The summed E-state index contributed by atoms with van der Waals surface area (Å²) in [6.07, 6.45) is 12.9. The van der Waals surface area contributed by atoms with E-state index in [9.17, 15) is 4.79 Å². The standard InChI is InChI=1S/C14H29NO2.K.H/c1-2-3-4-5-6-7-8-9-10-11-12-17-14(16)13-15;;/h2-13,15H2,1H3;;/q;+1;-1. The quantitative estimate of drug-likeness (QED) is 0.323. The summed E-state index contributed by atoms with van der Waals surface area (Å²) in [4.78, 5) is 10.7. The molecule has 0 radical (unpaired) electrons. The van der Waals surface area contributed by atoms with Crippen LogP contribution in [0, 0.1) is 0 Å². The molecule has 0 aliphatic rings. The molecule has 104 valence electrons. The summed E-state index contributed by atoms with van der Waals surface area (Å²) in [5, 5.41) is 0. The van der Waals surface area contributed by atoms with Gasteiger partial charge in [-0.05, 0) is 6.42 Å². The first-order chi connectivity index (χ1) is 8.31. The molecule has 0 aromatic rings. The zero-order valence-corrected chi connectivity index (χ0v) is 15.5. The summed E-state index contributed by atoms with van der Waals surface area (Å²) in [6, 6.07) is 0. The molecule has 0 fully saturated rings. The van der Waals surface area contributed by atoms with Gasteiger partial charge in [-0.2, -0.15) is 0 Å². The fraction of sp³-hybridized carbons (Fsp3) is 0.929. The van der Waals surface area contributed by atoms with Crippen molar-refractivity contribution in [3.63, 3.8) is 0 Å². The van der Waals surface area contributed by atoms with E-state index in [-0.39, 0.29) is 65.3 Å². The number of hydrogen-bond donors (Lipinski definition) is 1. The topological polar surface area (TPSA) is 52.3 Å². The van der Waals surface area contributed by atoms with Crippen molar-refractivity contribution < 1.29 is 62.3 Å². The second kappa shape index (κ2) is 18.1. The molecule has 0 rings (SSSR count). The van der Waals surface area contributed by atoms with Crippen LogP contribution in [0.15, 0.2) is 0 Å². The summed E-state index contributed by atoms with van der Waals surface area (Å²) in [5.74, 6) is -0.291. The van der Waals surface area contributed by atoms with Gasteiger partial charge in [-0.1, -0.05) is 64.7 Å². The summed E-state index contributed by atoms with van der Waals surface area (Å²) in [7, 11) is 0. The number of carbonyl (C=O) groups is 1. The number of ether oxygens (including phenoxy) is 1. The van der Waals surface area contributed by atoms with E-state index in [0.717, 1.165) is 12.8 Å². The molecule has 0 amide bonds. The van der Waals surface area contributed by atoms with Crippen LogP contribution in [0.2, 0.25) is 0 Å². The predicted octanol–water partition coefficient (Wildman–Crippen LogP) is 0.526. The zero-order chi connectivity index (χ0) is 12.8. The first-order valence-corrected chi connectivity index (χ1v) is 7.17. The Morgan fingerprint density at radius 2 is 1.39 bits per heavy atom. The Morgan fingerprint density at radius 3 is 1.83 bits per heavy atom. The fourth-order valence-corrected chi connectivity index (χ4v) is 1.83. The summed E-state index contributed by atoms with van der Waals surface area (Å²) < 4.78 is 4.90. The van der Waals surface area contributed by atoms with Crippen LogP contribution in [0.1, 0.15) is 72.6 Å². The Hall–Kier alpha value is 1.07. The second-order valence-corrected chi connectivity index (χ2v) is 4.61. The van der Waals surface area contributed by atoms with Gasteiger partial charge < -0.3 is 11.9 Å². The van der Waals surface area contributed by atoms with Crippen molar-refractivity contribution >= 4 is 5.97 Å². The minimum absolute atomic E-state index is 0. The molecular weight excluding hydrogens is 253 g/mol. The van der Waals surface area contributed by atoms with E-state index in [2.05, 4.69) is 6.92 Å². The van der Waals surface area contributed by atoms with E-state index < -0.39 is 0 Å². The molecular formula is C14H30KNO2. The largest absolute Gasteiger partial charge is 1.00 e. The molecule has 0 aromatic carbocycles. The predicted molar refractivity (Wildman–Crippen MR) is 73.0 cm³/mol. The Kier molecular flexibility index (Phi) is 21.4. The molecule has 2 N–H and O–H groups in total. The van der Waals surface area contributed by atoms with Crippen LogP contribution in [-0.4, -0.2) is 19.1 Å². The van der Waals surface area contributed by atoms with Gasteiger partial charge in [0.1, 0.15) is 0 Å². The number of esters is 1. The minimum Gasteiger partial charge on any atom is -1.00 e. The van der Waals surface area contributed by atoms with E-state index in [4.69, 9.17) is 10.5 Å². The van der Waals surface area contributed by atoms with Gasteiger partial charge in [-0.15, -0.1) is 0 Å². The van der Waals surface area contributed by atoms with Gasteiger partial charge in [0.15, 0.2) is 0 Å². The van der Waals surface area contributed by atoms with Crippen molar-refractivity contribution in [2.24, 2.45) is 5.73 Å². The van der Waals surface area contributed by atoms with Crippen LogP contribution in [0.5, 0.6) is 0 Å². The molecule has 0 unspecified atom stereocenters. The molecule has 0 aromatic heterocycles. The summed E-state index contributed by atoms with van der Waals surface area (Å²) >= 11 is 0. The fourth-order valence-electron chi connectivity index (χ4n) is 1.83. The zero-order valence-electron chi connectivity index (χ0n) is 13.4. The normalized spacial score (nSPS) is 9.89. The maximum absolute atomic E-state index is 10.7. The maximum Gasteiger partial charge on any atom is 1.00 e. The second-order valence-electron chi connectivity index (χ2n) is 4.61. The van der Waals surface area contributed by atoms with Crippen molar-refractivity contribution in [3.05, 3.63) is 0 Å². The van der Waals surface area contributed by atoms with Gasteiger partial charge in [-0.3, -0.25) is 4.79 Å². The Labute approximate surface area is 157 Å². The van der Waals surface area contributed by atoms with Crippen molar-refractivity contribution in [2.75, 3.05) is 13.2 Å². The van der Waals surface area contributed by atoms with Gasteiger partial charge >= 0.3 is 57.4 Å². The minimum atomic E-state index is -0.291. The van der Waals surface area contributed by atoms with E-state index >= 15 is 0 Å². The third kappa shape index (κ3) is 17.1. The van der Waals surface area contributed by atoms with Gasteiger partial charge in [0.2, 0.25) is 0 Å². The monoisotopic (exact) mass is 283 g/mol. The molecule has 0 heterocycles. The Morgan fingerprint density at radius 1 is 0.944 bits per heavy atom. The van der Waals surface area contributed by atoms with Crippen LogP contribution >= 0.6 is 0 Å². The molecule has 0 spiro atoms. The first-order valence-electron chi connectivity index (χ1n) is 7.17. The molecule has 0 aliphatic heterocycles. The van der Waals surface area contributed by atoms with Gasteiger partial charge in [0.05, 0.1) is 13.2 Å². The maximum atomic E-state index is 10.7. The molecule has 0 saturated heterocycles. The van der Waals surface area contributed by atoms with Crippen LogP contribution in [0.3, 0.4) is 0 Å². The van der Waals surface area contributed by atoms with E-state index in [0.29, 0.717) is 6.61 Å². The SMILES string of the molecule is CCCCCCCCCCCCOC(=O)CN.[H-].[K+]. The average molecular weight is 283 g/mol. The first kappa shape index (κ1) is 21.4. The van der Waals surface area contributed by atoms with Crippen LogP contribution < -0.4 is 57.1 Å². The van der Waals surface area contributed by atoms with Crippen molar-refractivity contribution in [1.82, 2.24) is 0 Å². The van der Waals surface area contributed by atoms with Gasteiger partial charge in [-0.25, -0.2) is 0 Å². The van der Waals surface area contributed by atoms with Crippen LogP contribution in [0.25, 0.3) is 0 Å². The Balaban J connectivity index is -0.00000128. The smallest absolute Gasteiger partial charge is 1.00 e. The van der Waals surface area contributed by atoms with Crippen LogP contribution in [0.4, 0.5) is 0 Å². The average Bonchev–Trinajstić information content (AvgIpc) is 2.35. The molecule has 4 heteroatoms. The van der Waals surface area contributed by atoms with Crippen molar-refractivity contribution in [1.29, 1.82) is 0 Å². The van der Waals surface area contributed by atoms with E-state index in [1.165, 1.54) is 51.4 Å². The molecule has 3 nitrogen and oxygen atoms in total. The van der Waals surface area contributed by atoms with E-state index in [1.54, 1.807) is 0 Å². The summed E-state index contributed by atoms with van der Waals surface area (Å²) in [5.41, 5.74) is 5.13. The third-order valence-corrected chi connectivity index (χ3v) is 2.93. The van der Waals surface area contributed by atoms with Crippen LogP contribution in [-0.2, 0) is 9.53 Å². The number of carbonyl (C=O) groups excluding carboxylic acids is 1. The van der Waals surface area contributed by atoms with Crippen molar-refractivity contribution in [3.8, 4) is 0 Å². The molecule has 0 bridgehead atoms. The number of unbranched alkanes of at least 4 members (excludes halogenated alkanes) is 9. The van der Waals surface area contributed by atoms with Crippen molar-refractivity contribution in [2.45, 2.75) is 71.1 Å². The van der Waals surface area contributed by atoms with Gasteiger partial charge in [0, 0.05) is 0 Å². The molecule has 0 atom stereocenters. The third-order valence-electron chi connectivity index (χ3n) is 2.93. The van der Waals surface area contributed by atoms with E-state index in [1.807, 2.05) is 0 Å². The van der Waals surface area contributed by atoms with Gasteiger partial charge in [0.25, 0.3) is 0 Å². The molecule has 18 heavy (non-hydrogen) atoms. The summed E-state index contributed by atoms with van der Waals surface area (Å²) in [6.45, 7) is 2.78. The number of hydrogen-bond acceptors (Lipinski definition) is 3. The molecule has 0 saturated carbocycles. The number of rotatable bonds is 12. The molecule has 0 aliphatic carbocycles. The Bertz CT molecular complexity index is 183.